The van der Waals surface area contributed by atoms with E-state index in [0.717, 1.165) is 25.7 Å². The fourth-order valence-corrected chi connectivity index (χ4v) is 4.61. The number of unbranched alkanes of at least 4 members (excludes halogenated alkanes) is 24. The van der Waals surface area contributed by atoms with Crippen molar-refractivity contribution in [2.75, 3.05) is 0 Å². The van der Waals surface area contributed by atoms with Crippen molar-refractivity contribution in [3.05, 3.63) is 11.5 Å². The minimum absolute atomic E-state index is 0. The second-order valence-electron chi connectivity index (χ2n) is 10.8. The summed E-state index contributed by atoms with van der Waals surface area (Å²) in [6.45, 7) is 4.53. The molecule has 0 saturated carbocycles. The molecule has 0 heterocycles. The van der Waals surface area contributed by atoms with Crippen molar-refractivity contribution in [2.24, 2.45) is 0 Å². The van der Waals surface area contributed by atoms with Crippen molar-refractivity contribution in [3.63, 3.8) is 0 Å². The smallest absolute Gasteiger partial charge is 0.668 e. The summed E-state index contributed by atoms with van der Waals surface area (Å²) in [4.78, 5) is 20.8. The van der Waals surface area contributed by atoms with Crippen LogP contribution in [-0.4, -0.2) is 11.8 Å². The van der Waals surface area contributed by atoms with E-state index in [0.29, 0.717) is 12.8 Å². The van der Waals surface area contributed by atoms with E-state index >= 15 is 0 Å². The first kappa shape index (κ1) is 45.9. The van der Waals surface area contributed by atoms with Gasteiger partial charge in [0.15, 0.2) is 0 Å². The summed E-state index contributed by atoms with van der Waals surface area (Å²) >= 11 is 0. The van der Waals surface area contributed by atoms with Gasteiger partial charge in [0.25, 0.3) is 0 Å². The van der Waals surface area contributed by atoms with Gasteiger partial charge in [-0.05, 0) is 25.7 Å². The van der Waals surface area contributed by atoms with Crippen LogP contribution in [0.1, 0.15) is 194 Å². The van der Waals surface area contributed by atoms with Gasteiger partial charge in [0.05, 0.1) is 0 Å². The van der Waals surface area contributed by atoms with Gasteiger partial charge in [0, 0.05) is 11.8 Å². The minimum atomic E-state index is -0.405. The number of hydrogen-bond acceptors (Lipinski definition) is 2. The predicted octanol–water partition coefficient (Wildman–Crippen LogP) is 6.10. The van der Waals surface area contributed by atoms with Crippen LogP contribution in [0.15, 0.2) is 0 Å². The first-order valence-electron chi connectivity index (χ1n) is 16.0. The molecule has 0 radical (unpaired) electrons. The van der Waals surface area contributed by atoms with Gasteiger partial charge in [-0.1, -0.05) is 168 Å². The molecule has 216 valence electrons. The zero-order chi connectivity index (χ0) is 27.0. The fraction of sp³-hybridized carbons (Fsp3) is 0.938. The predicted molar refractivity (Wildman–Crippen MR) is 159 cm³/mol. The Hall–Kier alpha value is 0.940. The zero-order valence-electron chi connectivity index (χ0n) is 26.6. The molecule has 0 saturated heterocycles. The van der Waals surface area contributed by atoms with Crippen LogP contribution in [0.2, 0.25) is 0 Å². The largest absolute Gasteiger partial charge is 1.00 e. The Morgan fingerprint density at radius 2 is 0.500 bits per heavy atom. The average molecular weight is 555 g/mol. The van der Waals surface area contributed by atoms with Crippen molar-refractivity contribution in [1.82, 2.24) is 0 Å². The Balaban J connectivity index is -0.000000289. The van der Waals surface area contributed by atoms with Crippen LogP contribution in [0.25, 0.3) is 11.5 Å². The molecule has 0 aromatic rings. The molecule has 0 aromatic heterocycles. The Morgan fingerprint density at radius 1 is 0.342 bits per heavy atom. The molecule has 6 heteroatoms. The topological polar surface area (TPSA) is 81.7 Å². The maximum absolute atomic E-state index is 10.4. The third-order valence-corrected chi connectivity index (χ3v) is 7.01. The van der Waals surface area contributed by atoms with Crippen molar-refractivity contribution in [2.45, 2.75) is 194 Å². The molecule has 0 rings (SSSR count). The third-order valence-electron chi connectivity index (χ3n) is 7.01. The van der Waals surface area contributed by atoms with Crippen molar-refractivity contribution < 1.29 is 68.7 Å². The molecule has 0 spiro atoms. The Labute approximate surface area is 283 Å². The van der Waals surface area contributed by atoms with E-state index in [4.69, 9.17) is 11.5 Å². The summed E-state index contributed by atoms with van der Waals surface area (Å²) in [6, 6.07) is 0. The summed E-state index contributed by atoms with van der Waals surface area (Å²) in [7, 11) is 0. The Bertz CT molecular complexity index is 411. The fourth-order valence-electron chi connectivity index (χ4n) is 4.61. The number of carbonyl (C=O) groups excluding carboxylic acids is 2. The molecule has 0 aliphatic carbocycles. The first-order valence-corrected chi connectivity index (χ1v) is 16.0. The Kier molecular flexibility index (Phi) is 51.2. The van der Waals surface area contributed by atoms with E-state index in [1.54, 1.807) is 0 Å². The molecule has 0 aliphatic heterocycles. The van der Waals surface area contributed by atoms with Crippen molar-refractivity contribution >= 4 is 11.8 Å². The zero-order valence-corrected chi connectivity index (χ0v) is 30.6. The molecule has 0 bridgehead atoms. The summed E-state index contributed by atoms with van der Waals surface area (Å²) in [6.07, 6.45) is 35.2. The summed E-state index contributed by atoms with van der Waals surface area (Å²) in [5.74, 6) is -0.809. The molecule has 0 unspecified atom stereocenters. The van der Waals surface area contributed by atoms with Gasteiger partial charge >= 0.3 is 59.1 Å². The van der Waals surface area contributed by atoms with Crippen molar-refractivity contribution in [3.8, 4) is 0 Å². The summed E-state index contributed by atoms with van der Waals surface area (Å²) in [5, 5.41) is 0. The second-order valence-corrected chi connectivity index (χ2v) is 10.8. The monoisotopic (exact) mass is 554 g/mol. The van der Waals surface area contributed by atoms with Gasteiger partial charge in [0.1, 0.15) is 0 Å². The minimum Gasteiger partial charge on any atom is -0.668 e. The molecule has 0 atom stereocenters. The standard InChI is InChI=1S/2C16H33NO.2Na/c2*1-2-3-4-5-6-7-8-9-10-11-12-13-14-15-16(17)18;;/h2*2-15H2,1H3,(H2,17,18);;/q;;2*+1/p-2. The molecule has 0 aromatic carbocycles. The quantitative estimate of drug-likeness (QED) is 0.0865. The van der Waals surface area contributed by atoms with E-state index in [1.807, 2.05) is 0 Å². The normalized spacial score (nSPS) is 10.2. The van der Waals surface area contributed by atoms with E-state index < -0.39 is 11.8 Å². The van der Waals surface area contributed by atoms with Gasteiger partial charge in [-0.3, -0.25) is 0 Å². The summed E-state index contributed by atoms with van der Waals surface area (Å²) < 4.78 is 0. The van der Waals surface area contributed by atoms with Crippen LogP contribution in [0.3, 0.4) is 0 Å². The second kappa shape index (κ2) is 42.4. The van der Waals surface area contributed by atoms with Crippen LogP contribution in [0, 0.1) is 0 Å². The maximum Gasteiger partial charge on any atom is 1.00 e. The van der Waals surface area contributed by atoms with Crippen LogP contribution in [0.5, 0.6) is 0 Å². The first-order chi connectivity index (χ1) is 17.5. The van der Waals surface area contributed by atoms with Crippen molar-refractivity contribution in [1.29, 1.82) is 0 Å². The van der Waals surface area contributed by atoms with Gasteiger partial charge in [0.2, 0.25) is 0 Å². The molecular formula is C32H64N2Na2O2. The summed E-state index contributed by atoms with van der Waals surface area (Å²) in [5.41, 5.74) is 13.6. The Morgan fingerprint density at radius 3 is 0.658 bits per heavy atom. The molecular weight excluding hydrogens is 490 g/mol. The molecule has 0 aliphatic rings. The van der Waals surface area contributed by atoms with E-state index in [1.165, 1.54) is 141 Å². The van der Waals surface area contributed by atoms with Crippen LogP contribution in [0.4, 0.5) is 0 Å². The molecule has 4 nitrogen and oxygen atoms in total. The average Bonchev–Trinajstić information content (AvgIpc) is 2.85. The SMILES string of the molecule is CCCCCCCCCCCCCCCC([NH-])=O.CCCCCCCCCCCCCCCC([NH-])=O.[Na+].[Na+]. The van der Waals surface area contributed by atoms with E-state index in [-0.39, 0.29) is 59.1 Å². The van der Waals surface area contributed by atoms with Gasteiger partial charge in [-0.2, -0.15) is 0 Å². The number of hydrogen-bond donors (Lipinski definition) is 0. The van der Waals surface area contributed by atoms with Crippen LogP contribution < -0.4 is 59.1 Å². The molecule has 2 amide bonds. The van der Waals surface area contributed by atoms with E-state index in [9.17, 15) is 9.59 Å². The maximum atomic E-state index is 10.4. The van der Waals surface area contributed by atoms with Gasteiger partial charge in [-0.15, -0.1) is 0 Å². The molecule has 2 N–H and O–H groups in total. The molecule has 38 heavy (non-hydrogen) atoms. The van der Waals surface area contributed by atoms with Crippen LogP contribution >= 0.6 is 0 Å². The number of amides is 2. The van der Waals surface area contributed by atoms with Gasteiger partial charge in [-0.25, -0.2) is 0 Å². The van der Waals surface area contributed by atoms with Crippen LogP contribution in [-0.2, 0) is 9.59 Å². The van der Waals surface area contributed by atoms with E-state index in [2.05, 4.69) is 13.8 Å². The number of nitrogens with one attached hydrogen (secondary N) is 2. The number of carbonyl (C=O) groups is 2. The molecule has 0 fully saturated rings. The van der Waals surface area contributed by atoms with Gasteiger partial charge < -0.3 is 21.1 Å². The third kappa shape index (κ3) is 49.8. The number of rotatable bonds is 28.